The first-order valence-corrected chi connectivity index (χ1v) is 8.39. The van der Waals surface area contributed by atoms with Crippen molar-refractivity contribution in [1.82, 2.24) is 9.84 Å². The van der Waals surface area contributed by atoms with Gasteiger partial charge in [0.15, 0.2) is 0 Å². The summed E-state index contributed by atoms with van der Waals surface area (Å²) in [5.74, 6) is 0. The standard InChI is InChI=1S/C11H19N3O2S2/c1-9-11(7-10(8-12)17-9)18(15,16)13-14-5-3-2-4-6-14/h7,13H,2-6,8,12H2,1H3. The van der Waals surface area contributed by atoms with Crippen LogP contribution < -0.4 is 10.6 Å². The zero-order valence-corrected chi connectivity index (χ0v) is 12.1. The van der Waals surface area contributed by atoms with Gasteiger partial charge in [-0.05, 0) is 25.8 Å². The zero-order valence-electron chi connectivity index (χ0n) is 10.5. The number of nitrogens with zero attached hydrogens (tertiary/aromatic N) is 1. The molecule has 0 spiro atoms. The third-order valence-electron chi connectivity index (χ3n) is 3.02. The number of hydrogen-bond acceptors (Lipinski definition) is 5. The molecule has 18 heavy (non-hydrogen) atoms. The van der Waals surface area contributed by atoms with Crippen LogP contribution in [0, 0.1) is 6.92 Å². The van der Waals surface area contributed by atoms with Crippen molar-refractivity contribution >= 4 is 21.4 Å². The molecule has 0 bridgehead atoms. The Morgan fingerprint density at radius 3 is 2.61 bits per heavy atom. The molecule has 1 aromatic heterocycles. The van der Waals surface area contributed by atoms with E-state index in [1.54, 1.807) is 11.1 Å². The topological polar surface area (TPSA) is 75.4 Å². The minimum atomic E-state index is -3.45. The molecule has 0 aromatic carbocycles. The average Bonchev–Trinajstić information content (AvgIpc) is 2.72. The molecule has 1 aliphatic heterocycles. The number of nitrogens with one attached hydrogen (secondary N) is 1. The molecule has 0 unspecified atom stereocenters. The number of hydrogen-bond donors (Lipinski definition) is 2. The summed E-state index contributed by atoms with van der Waals surface area (Å²) >= 11 is 1.44. The predicted octanol–water partition coefficient (Wildman–Crippen LogP) is 1.19. The molecule has 1 fully saturated rings. The van der Waals surface area contributed by atoms with Gasteiger partial charge in [-0.25, -0.2) is 13.4 Å². The molecule has 1 aromatic rings. The van der Waals surface area contributed by atoms with Crippen molar-refractivity contribution in [2.24, 2.45) is 5.73 Å². The van der Waals surface area contributed by atoms with E-state index in [-0.39, 0.29) is 0 Å². The molecule has 0 saturated carbocycles. The second kappa shape index (κ2) is 5.66. The van der Waals surface area contributed by atoms with Gasteiger partial charge in [0.25, 0.3) is 10.0 Å². The molecule has 0 radical (unpaired) electrons. The Morgan fingerprint density at radius 2 is 2.06 bits per heavy atom. The first kappa shape index (κ1) is 14.0. The first-order valence-electron chi connectivity index (χ1n) is 6.10. The third-order valence-corrected chi connectivity index (χ3v) is 5.72. The third kappa shape index (κ3) is 3.10. The lowest BCUT2D eigenvalue weighted by atomic mass is 10.2. The summed E-state index contributed by atoms with van der Waals surface area (Å²) in [6, 6.07) is 1.67. The Labute approximate surface area is 112 Å². The van der Waals surface area contributed by atoms with Crippen LogP contribution in [0.3, 0.4) is 0 Å². The van der Waals surface area contributed by atoms with Crippen molar-refractivity contribution in [2.75, 3.05) is 13.1 Å². The van der Waals surface area contributed by atoms with Crippen LogP contribution in [0.15, 0.2) is 11.0 Å². The lowest BCUT2D eigenvalue weighted by Crippen LogP contribution is -2.44. The maximum Gasteiger partial charge on any atom is 0.254 e. The molecule has 0 atom stereocenters. The summed E-state index contributed by atoms with van der Waals surface area (Å²) in [6.07, 6.45) is 3.26. The van der Waals surface area contributed by atoms with E-state index in [4.69, 9.17) is 5.73 Å². The molecule has 3 N–H and O–H groups in total. The lowest BCUT2D eigenvalue weighted by molar-refractivity contribution is 0.200. The highest BCUT2D eigenvalue weighted by Crippen LogP contribution is 2.25. The highest BCUT2D eigenvalue weighted by Gasteiger charge is 2.23. The summed E-state index contributed by atoms with van der Waals surface area (Å²) < 4.78 is 24.5. The van der Waals surface area contributed by atoms with E-state index in [9.17, 15) is 8.42 Å². The van der Waals surface area contributed by atoms with E-state index < -0.39 is 10.0 Å². The van der Waals surface area contributed by atoms with Crippen molar-refractivity contribution in [3.05, 3.63) is 15.8 Å². The number of thiophene rings is 1. The fourth-order valence-corrected chi connectivity index (χ4v) is 4.73. The van der Waals surface area contributed by atoms with Crippen molar-refractivity contribution < 1.29 is 8.42 Å². The Kier molecular flexibility index (Phi) is 4.39. The van der Waals surface area contributed by atoms with Gasteiger partial charge in [0.05, 0.1) is 4.90 Å². The smallest absolute Gasteiger partial charge is 0.254 e. The van der Waals surface area contributed by atoms with Crippen LogP contribution in [0.25, 0.3) is 0 Å². The molecule has 1 aliphatic rings. The van der Waals surface area contributed by atoms with Crippen LogP contribution in [0.1, 0.15) is 29.0 Å². The second-order valence-electron chi connectivity index (χ2n) is 4.48. The predicted molar refractivity (Wildman–Crippen MR) is 72.7 cm³/mol. The van der Waals surface area contributed by atoms with Crippen molar-refractivity contribution in [1.29, 1.82) is 0 Å². The summed E-state index contributed by atoms with van der Waals surface area (Å²) in [5.41, 5.74) is 5.54. The van der Waals surface area contributed by atoms with Gasteiger partial charge < -0.3 is 5.73 Å². The molecule has 0 aliphatic carbocycles. The minimum Gasteiger partial charge on any atom is -0.326 e. The van der Waals surface area contributed by atoms with Crippen LogP contribution in [-0.4, -0.2) is 26.5 Å². The van der Waals surface area contributed by atoms with E-state index in [1.807, 2.05) is 6.92 Å². The van der Waals surface area contributed by atoms with Crippen molar-refractivity contribution in [3.8, 4) is 0 Å². The van der Waals surface area contributed by atoms with E-state index in [0.29, 0.717) is 11.4 Å². The molecule has 2 rings (SSSR count). The SMILES string of the molecule is Cc1sc(CN)cc1S(=O)(=O)NN1CCCCC1. The minimum absolute atomic E-state index is 0.360. The molecule has 5 nitrogen and oxygen atoms in total. The molecule has 1 saturated heterocycles. The Morgan fingerprint density at radius 1 is 1.39 bits per heavy atom. The van der Waals surface area contributed by atoms with E-state index in [0.717, 1.165) is 35.7 Å². The molecular formula is C11H19N3O2S2. The molecular weight excluding hydrogens is 270 g/mol. The van der Waals surface area contributed by atoms with Gasteiger partial charge in [-0.15, -0.1) is 16.2 Å². The Balaban J connectivity index is 2.16. The fourth-order valence-electron chi connectivity index (χ4n) is 2.10. The summed E-state index contributed by atoms with van der Waals surface area (Å²) in [6.45, 7) is 3.76. The van der Waals surface area contributed by atoms with Gasteiger partial charge in [0.2, 0.25) is 0 Å². The van der Waals surface area contributed by atoms with Gasteiger partial charge >= 0.3 is 0 Å². The average molecular weight is 289 g/mol. The van der Waals surface area contributed by atoms with E-state index in [2.05, 4.69) is 4.83 Å². The first-order chi connectivity index (χ1) is 8.53. The number of hydrazine groups is 1. The molecule has 7 heteroatoms. The van der Waals surface area contributed by atoms with Gasteiger partial charge in [0.1, 0.15) is 0 Å². The summed E-state index contributed by atoms with van der Waals surface area (Å²) in [7, 11) is -3.45. The highest BCUT2D eigenvalue weighted by molar-refractivity contribution is 7.89. The quantitative estimate of drug-likeness (QED) is 0.873. The number of nitrogens with two attached hydrogens (primary N) is 1. The Bertz CT molecular complexity index is 504. The Hall–Kier alpha value is -0.470. The monoisotopic (exact) mass is 289 g/mol. The molecule has 102 valence electrons. The maximum atomic E-state index is 12.3. The number of aryl methyl sites for hydroxylation is 1. The van der Waals surface area contributed by atoms with Crippen LogP contribution in [-0.2, 0) is 16.6 Å². The van der Waals surface area contributed by atoms with E-state index >= 15 is 0 Å². The number of rotatable bonds is 4. The van der Waals surface area contributed by atoms with Crippen LogP contribution in [0.4, 0.5) is 0 Å². The van der Waals surface area contributed by atoms with Crippen molar-refractivity contribution in [3.63, 3.8) is 0 Å². The van der Waals surface area contributed by atoms with Crippen LogP contribution in [0.5, 0.6) is 0 Å². The molecule has 0 amide bonds. The lowest BCUT2D eigenvalue weighted by Gasteiger charge is -2.26. The summed E-state index contributed by atoms with van der Waals surface area (Å²) in [4.78, 5) is 4.71. The van der Waals surface area contributed by atoms with Crippen LogP contribution >= 0.6 is 11.3 Å². The fraction of sp³-hybridized carbons (Fsp3) is 0.636. The zero-order chi connectivity index (χ0) is 13.2. The number of piperidine rings is 1. The van der Waals surface area contributed by atoms with Gasteiger partial charge in [0, 0.05) is 29.4 Å². The van der Waals surface area contributed by atoms with Gasteiger partial charge in [-0.1, -0.05) is 6.42 Å². The van der Waals surface area contributed by atoms with Gasteiger partial charge in [-0.2, -0.15) is 0 Å². The normalized spacial score (nSPS) is 18.1. The highest BCUT2D eigenvalue weighted by atomic mass is 32.2. The van der Waals surface area contributed by atoms with Gasteiger partial charge in [-0.3, -0.25) is 0 Å². The van der Waals surface area contributed by atoms with Crippen molar-refractivity contribution in [2.45, 2.75) is 37.6 Å². The molecule has 2 heterocycles. The largest absolute Gasteiger partial charge is 0.326 e. The maximum absolute atomic E-state index is 12.3. The summed E-state index contributed by atoms with van der Waals surface area (Å²) in [5, 5.41) is 1.79. The van der Waals surface area contributed by atoms with E-state index in [1.165, 1.54) is 17.8 Å². The second-order valence-corrected chi connectivity index (χ2v) is 7.45. The van der Waals surface area contributed by atoms with Crippen LogP contribution in [0.2, 0.25) is 0 Å². The number of sulfonamides is 1.